The van der Waals surface area contributed by atoms with Crippen LogP contribution >= 0.6 is 11.8 Å². The van der Waals surface area contributed by atoms with E-state index in [0.717, 1.165) is 11.3 Å². The van der Waals surface area contributed by atoms with E-state index in [9.17, 15) is 0 Å². The molecule has 1 heteroatoms. The normalized spacial score (nSPS) is 10.2. The minimum atomic E-state index is 1.01. The quantitative estimate of drug-likeness (QED) is 0.690. The van der Waals surface area contributed by atoms with E-state index in [4.69, 9.17) is 0 Å². The molecule has 0 bridgehead atoms. The summed E-state index contributed by atoms with van der Waals surface area (Å²) in [7, 11) is 0. The molecule has 0 heterocycles. The number of thioether (sulfide) groups is 1. The molecule has 0 amide bonds. The Hall–Kier alpha value is -1.21. The predicted octanol–water partition coefficient (Wildman–Crippen LogP) is 4.16. The van der Waals surface area contributed by atoms with Gasteiger partial charge in [-0.1, -0.05) is 48.5 Å². The minimum Gasteiger partial charge on any atom is -0.121 e. The Balaban J connectivity index is 2.03. The molecule has 0 aliphatic heterocycles. The molecule has 15 heavy (non-hydrogen) atoms. The van der Waals surface area contributed by atoms with Gasteiger partial charge in [-0.3, -0.25) is 0 Å². The highest BCUT2D eigenvalue weighted by molar-refractivity contribution is 7.98. The molecule has 0 aliphatic rings. The fourth-order valence-corrected chi connectivity index (χ4v) is 2.32. The maximum absolute atomic E-state index is 4.01. The van der Waals surface area contributed by atoms with E-state index in [0.29, 0.717) is 0 Å². The molecule has 75 valence electrons. The standard InChI is InChI=1S/C14H13S/c1-12-7-5-6-10-14(12)15-11-13-8-3-2-4-9-13/h2-10H,1,11H2. The molecule has 1 radical (unpaired) electrons. The monoisotopic (exact) mass is 213 g/mol. The van der Waals surface area contributed by atoms with Gasteiger partial charge in [0, 0.05) is 10.6 Å². The van der Waals surface area contributed by atoms with Crippen LogP contribution in [0, 0.1) is 6.92 Å². The molecular weight excluding hydrogens is 200 g/mol. The lowest BCUT2D eigenvalue weighted by Crippen LogP contribution is -1.81. The lowest BCUT2D eigenvalue weighted by Gasteiger charge is -2.04. The van der Waals surface area contributed by atoms with Crippen molar-refractivity contribution in [2.24, 2.45) is 0 Å². The van der Waals surface area contributed by atoms with E-state index < -0.39 is 0 Å². The Morgan fingerprint density at radius 2 is 1.53 bits per heavy atom. The van der Waals surface area contributed by atoms with Gasteiger partial charge in [-0.2, -0.15) is 0 Å². The van der Waals surface area contributed by atoms with Gasteiger partial charge in [0.05, 0.1) is 0 Å². The molecule has 2 aromatic carbocycles. The second-order valence-electron chi connectivity index (χ2n) is 3.38. The molecule has 2 rings (SSSR count). The molecule has 0 atom stereocenters. The van der Waals surface area contributed by atoms with Crippen molar-refractivity contribution < 1.29 is 0 Å². The van der Waals surface area contributed by atoms with Crippen LogP contribution in [0.3, 0.4) is 0 Å². The SMILES string of the molecule is [CH2]c1ccccc1SCc1ccccc1. The molecule has 0 fully saturated rings. The second kappa shape index (κ2) is 5.04. The van der Waals surface area contributed by atoms with Gasteiger partial charge >= 0.3 is 0 Å². The summed E-state index contributed by atoms with van der Waals surface area (Å²) in [6.07, 6.45) is 0. The summed E-state index contributed by atoms with van der Waals surface area (Å²) in [6.45, 7) is 4.01. The summed E-state index contributed by atoms with van der Waals surface area (Å²) in [6, 6.07) is 18.7. The summed E-state index contributed by atoms with van der Waals surface area (Å²) < 4.78 is 0. The Morgan fingerprint density at radius 1 is 0.867 bits per heavy atom. The van der Waals surface area contributed by atoms with Crippen molar-refractivity contribution in [2.75, 3.05) is 0 Å². The van der Waals surface area contributed by atoms with Crippen molar-refractivity contribution in [2.45, 2.75) is 10.6 Å². The molecule has 0 spiro atoms. The fraction of sp³-hybridized carbons (Fsp3) is 0.0714. The van der Waals surface area contributed by atoms with Crippen molar-refractivity contribution in [1.29, 1.82) is 0 Å². The summed E-state index contributed by atoms with van der Waals surface area (Å²) in [5.74, 6) is 1.01. The van der Waals surface area contributed by atoms with Gasteiger partial charge < -0.3 is 0 Å². The third kappa shape index (κ3) is 2.87. The maximum Gasteiger partial charge on any atom is 0.0232 e. The van der Waals surface area contributed by atoms with Gasteiger partial charge in [0.1, 0.15) is 0 Å². The molecule has 0 N–H and O–H groups in total. The van der Waals surface area contributed by atoms with E-state index >= 15 is 0 Å². The molecular formula is C14H13S. The van der Waals surface area contributed by atoms with Gasteiger partial charge in [0.25, 0.3) is 0 Å². The third-order valence-corrected chi connectivity index (χ3v) is 3.40. The number of benzene rings is 2. The van der Waals surface area contributed by atoms with E-state index in [1.807, 2.05) is 30.0 Å². The van der Waals surface area contributed by atoms with Crippen LogP contribution in [-0.4, -0.2) is 0 Å². The Bertz CT molecular complexity index is 420. The Kier molecular flexibility index (Phi) is 3.46. The summed E-state index contributed by atoms with van der Waals surface area (Å²) in [5.41, 5.74) is 2.46. The number of rotatable bonds is 3. The Morgan fingerprint density at radius 3 is 2.27 bits per heavy atom. The first-order valence-electron chi connectivity index (χ1n) is 4.94. The highest BCUT2D eigenvalue weighted by Gasteiger charge is 1.98. The van der Waals surface area contributed by atoms with Gasteiger partial charge in [0.2, 0.25) is 0 Å². The highest BCUT2D eigenvalue weighted by Crippen LogP contribution is 2.25. The molecule has 0 saturated carbocycles. The van der Waals surface area contributed by atoms with E-state index in [1.165, 1.54) is 10.5 Å². The minimum absolute atomic E-state index is 1.01. The first-order valence-corrected chi connectivity index (χ1v) is 5.92. The predicted molar refractivity (Wildman–Crippen MR) is 66.9 cm³/mol. The van der Waals surface area contributed by atoms with E-state index in [-0.39, 0.29) is 0 Å². The van der Waals surface area contributed by atoms with Crippen LogP contribution in [0.1, 0.15) is 11.1 Å². The highest BCUT2D eigenvalue weighted by atomic mass is 32.2. The number of hydrogen-bond acceptors (Lipinski definition) is 1. The van der Waals surface area contributed by atoms with Crippen molar-refractivity contribution in [3.05, 3.63) is 72.6 Å². The third-order valence-electron chi connectivity index (χ3n) is 2.21. The van der Waals surface area contributed by atoms with E-state index in [1.54, 1.807) is 0 Å². The molecule has 0 unspecified atom stereocenters. The van der Waals surface area contributed by atoms with Crippen molar-refractivity contribution in [3.8, 4) is 0 Å². The van der Waals surface area contributed by atoms with Gasteiger partial charge in [-0.15, -0.1) is 11.8 Å². The van der Waals surface area contributed by atoms with Crippen LogP contribution in [0.5, 0.6) is 0 Å². The van der Waals surface area contributed by atoms with Crippen LogP contribution in [-0.2, 0) is 5.75 Å². The van der Waals surface area contributed by atoms with Crippen molar-refractivity contribution >= 4 is 11.8 Å². The average Bonchev–Trinajstić information content (AvgIpc) is 2.29. The van der Waals surface area contributed by atoms with Gasteiger partial charge in [-0.05, 0) is 24.1 Å². The summed E-state index contributed by atoms with van der Waals surface area (Å²) >= 11 is 1.84. The van der Waals surface area contributed by atoms with Crippen LogP contribution in [0.25, 0.3) is 0 Å². The second-order valence-corrected chi connectivity index (χ2v) is 4.40. The summed E-state index contributed by atoms with van der Waals surface area (Å²) in [4.78, 5) is 1.27. The summed E-state index contributed by atoms with van der Waals surface area (Å²) in [5, 5.41) is 0. The largest absolute Gasteiger partial charge is 0.121 e. The number of hydrogen-bond donors (Lipinski definition) is 0. The van der Waals surface area contributed by atoms with Crippen LogP contribution in [0.15, 0.2) is 59.5 Å². The van der Waals surface area contributed by atoms with Gasteiger partial charge in [-0.25, -0.2) is 0 Å². The first kappa shape index (κ1) is 10.3. The molecule has 0 nitrogen and oxygen atoms in total. The zero-order valence-electron chi connectivity index (χ0n) is 8.52. The lowest BCUT2D eigenvalue weighted by molar-refractivity contribution is 1.35. The Labute approximate surface area is 95.3 Å². The fourth-order valence-electron chi connectivity index (χ4n) is 1.38. The first-order chi connectivity index (χ1) is 7.36. The van der Waals surface area contributed by atoms with Crippen molar-refractivity contribution in [3.63, 3.8) is 0 Å². The molecule has 0 saturated heterocycles. The molecule has 0 aromatic heterocycles. The topological polar surface area (TPSA) is 0 Å². The molecule has 2 aromatic rings. The van der Waals surface area contributed by atoms with Crippen LogP contribution in [0.4, 0.5) is 0 Å². The van der Waals surface area contributed by atoms with E-state index in [2.05, 4.69) is 43.3 Å². The lowest BCUT2D eigenvalue weighted by atomic mass is 10.2. The zero-order chi connectivity index (χ0) is 10.5. The van der Waals surface area contributed by atoms with Crippen molar-refractivity contribution in [1.82, 2.24) is 0 Å². The maximum atomic E-state index is 4.01. The van der Waals surface area contributed by atoms with Gasteiger partial charge in [0.15, 0.2) is 0 Å². The average molecular weight is 213 g/mol. The zero-order valence-corrected chi connectivity index (χ0v) is 9.34. The smallest absolute Gasteiger partial charge is 0.0232 e. The molecule has 0 aliphatic carbocycles. The van der Waals surface area contributed by atoms with Crippen LogP contribution < -0.4 is 0 Å². The van der Waals surface area contributed by atoms with Crippen LogP contribution in [0.2, 0.25) is 0 Å².